The Bertz CT molecular complexity index is 4410. The maximum absolute atomic E-state index is 13.8. The minimum absolute atomic E-state index is 0.00680. The van der Waals surface area contributed by atoms with Crippen LogP contribution in [-0.2, 0) is 139 Å². The monoisotopic (exact) mass is 2170 g/mol. The van der Waals surface area contributed by atoms with Crippen molar-refractivity contribution in [1.82, 2.24) is 72.8 Å². The Hall–Kier alpha value is -9.94. The van der Waals surface area contributed by atoms with E-state index in [0.29, 0.717) is 83.7 Å². The summed E-state index contributed by atoms with van der Waals surface area (Å²) in [6.45, 7) is 10.4. The largest absolute Gasteiger partial charge is 0.395 e. The Morgan fingerprint density at radius 3 is 1.15 bits per heavy atom. The van der Waals surface area contributed by atoms with Gasteiger partial charge in [-0.05, 0) is 70.6 Å². The van der Waals surface area contributed by atoms with Crippen molar-refractivity contribution in [2.75, 3.05) is 147 Å². The number of ketones is 5. The van der Waals surface area contributed by atoms with Crippen molar-refractivity contribution in [3.63, 3.8) is 0 Å². The minimum atomic E-state index is -1.27. The van der Waals surface area contributed by atoms with Crippen LogP contribution in [0.3, 0.4) is 0 Å². The highest BCUT2D eigenvalue weighted by molar-refractivity contribution is 8.01. The zero-order valence-corrected chi connectivity index (χ0v) is 89.2. The predicted octanol–water partition coefficient (Wildman–Crippen LogP) is -1.87. The summed E-state index contributed by atoms with van der Waals surface area (Å²) in [5.74, 6) is -12.5. The molecule has 12 unspecified atom stereocenters. The molecule has 0 aliphatic carbocycles. The lowest BCUT2D eigenvalue weighted by Crippen LogP contribution is -2.54. The number of thiol groups is 2. The van der Waals surface area contributed by atoms with Gasteiger partial charge in [-0.2, -0.15) is 25.3 Å². The van der Waals surface area contributed by atoms with Crippen LogP contribution in [0.1, 0.15) is 228 Å². The smallest absolute Gasteiger partial charge is 0.243 e. The van der Waals surface area contributed by atoms with Crippen molar-refractivity contribution >= 4 is 208 Å². The first-order chi connectivity index (χ1) is 70.1. The Morgan fingerprint density at radius 2 is 0.741 bits per heavy atom. The van der Waals surface area contributed by atoms with Crippen molar-refractivity contribution in [3.05, 3.63) is 0 Å². The predicted molar refractivity (Wildman–Crippen MR) is 546 cm³/mol. The molecule has 4 rings (SSSR count). The molecule has 0 aromatic heterocycles. The van der Waals surface area contributed by atoms with Gasteiger partial charge in [-0.25, -0.2) is 0 Å². The topological polar surface area (TPSA) is 689 Å². The number of primary amides is 2. The molecule has 0 radical (unpaired) electrons. The van der Waals surface area contributed by atoms with E-state index in [2.05, 4.69) is 78.4 Å². The number of thioether (sulfide) groups is 3. The van der Waals surface area contributed by atoms with E-state index in [0.717, 1.165) is 54.9 Å². The number of hydrogen-bond donors (Lipinski definition) is 16. The molecule has 0 saturated carbocycles. The molecule has 0 aromatic rings. The molecule has 16 N–H and O–H groups in total. The van der Waals surface area contributed by atoms with Crippen molar-refractivity contribution in [3.8, 4) is 0 Å². The van der Waals surface area contributed by atoms with Gasteiger partial charge in [-0.3, -0.25) is 139 Å². The number of nitrogens with zero attached hydrogens (tertiary/aromatic N) is 4. The number of ether oxygens (including phenoxy) is 4. The molecular weight excluding hydrogens is 2020 g/mol. The average molecular weight is 2170 g/mol. The van der Waals surface area contributed by atoms with Crippen molar-refractivity contribution in [2.24, 2.45) is 29.2 Å². The van der Waals surface area contributed by atoms with Gasteiger partial charge >= 0.3 is 0 Å². The van der Waals surface area contributed by atoms with E-state index in [1.165, 1.54) is 13.8 Å². The lowest BCUT2D eigenvalue weighted by atomic mass is 10.0. The second kappa shape index (κ2) is 74.9. The molecule has 47 nitrogen and oxygen atoms in total. The molecule has 147 heavy (non-hydrogen) atoms. The van der Waals surface area contributed by atoms with E-state index in [4.69, 9.17) is 40.6 Å². The van der Waals surface area contributed by atoms with Gasteiger partial charge in [-0.1, -0.05) is 40.5 Å². The number of likely N-dealkylation sites (tertiary alicyclic amines) is 4. The molecule has 4 aliphatic rings. The Balaban J connectivity index is 0.00000119. The highest BCUT2D eigenvalue weighted by Crippen LogP contribution is 2.31. The minimum Gasteiger partial charge on any atom is -0.395 e. The maximum atomic E-state index is 13.8. The number of hydrogen-bond acceptors (Lipinski definition) is 36. The Labute approximate surface area is 880 Å². The number of Topliss-reactive ketones (excluding diaryl/α,β-unsaturated/α-hetero) is 5. The van der Waals surface area contributed by atoms with E-state index in [1.807, 2.05) is 6.92 Å². The van der Waals surface area contributed by atoms with E-state index in [-0.39, 0.29) is 320 Å². The van der Waals surface area contributed by atoms with Crippen LogP contribution in [0.15, 0.2) is 0 Å². The Kier molecular flexibility index (Phi) is 66.8. The molecule has 0 bridgehead atoms. The second-order valence-electron chi connectivity index (χ2n) is 35.5. The fourth-order valence-corrected chi connectivity index (χ4v) is 19.5. The number of unbranched alkanes of at least 4 members (excludes halogenated alkanes) is 4. The number of carbonyl (C=O) groups excluding carboxylic acids is 25. The molecule has 12 atom stereocenters. The van der Waals surface area contributed by atoms with Gasteiger partial charge in [0.15, 0.2) is 11.6 Å². The first-order valence-electron chi connectivity index (χ1n) is 50.1. The van der Waals surface area contributed by atoms with Crippen LogP contribution >= 0.6 is 60.5 Å². The first kappa shape index (κ1) is 131. The molecule has 52 heteroatoms. The van der Waals surface area contributed by atoms with Crippen LogP contribution in [0.2, 0.25) is 0 Å². The number of carbonyl (C=O) groups is 25. The van der Waals surface area contributed by atoms with Gasteiger partial charge in [0, 0.05) is 217 Å². The Morgan fingerprint density at radius 1 is 0.361 bits per heavy atom. The maximum Gasteiger partial charge on any atom is 0.243 e. The number of aliphatic hydroxyl groups is 2. The summed E-state index contributed by atoms with van der Waals surface area (Å²) < 4.78 is 22.4. The summed E-state index contributed by atoms with van der Waals surface area (Å²) in [6.07, 6.45) is 5.11. The third-order valence-electron chi connectivity index (χ3n) is 23.6. The summed E-state index contributed by atoms with van der Waals surface area (Å²) in [6, 6.07) is -6.14. The molecular formula is C95H152N16O31S5. The number of aliphatic hydroxyl groups excluding tert-OH is 2. The fraction of sp³-hybridized carbons (Fsp3) is 0.737. The quantitative estimate of drug-likeness (QED) is 0.0180. The van der Waals surface area contributed by atoms with Crippen LogP contribution in [0.5, 0.6) is 0 Å². The highest BCUT2D eigenvalue weighted by Gasteiger charge is 2.44. The average Bonchev–Trinajstić information content (AvgIpc) is 1.69. The van der Waals surface area contributed by atoms with Crippen molar-refractivity contribution < 1.29 is 149 Å². The molecule has 828 valence electrons. The van der Waals surface area contributed by atoms with Crippen LogP contribution in [-0.4, -0.2) is 376 Å². The van der Waals surface area contributed by atoms with Gasteiger partial charge in [-0.15, -0.1) is 35.3 Å². The molecule has 0 aromatic carbocycles. The van der Waals surface area contributed by atoms with E-state index >= 15 is 0 Å². The van der Waals surface area contributed by atoms with Gasteiger partial charge < -0.3 is 93.8 Å². The molecule has 0 spiro atoms. The summed E-state index contributed by atoms with van der Waals surface area (Å²) in [5, 5.41) is 41.7. The van der Waals surface area contributed by atoms with Crippen molar-refractivity contribution in [2.45, 2.75) is 280 Å². The van der Waals surface area contributed by atoms with Crippen molar-refractivity contribution in [1.29, 1.82) is 0 Å². The van der Waals surface area contributed by atoms with E-state index < -0.39 is 147 Å². The number of amides is 20. The lowest BCUT2D eigenvalue weighted by Gasteiger charge is -2.22. The normalized spacial score (nSPS) is 17.2. The van der Waals surface area contributed by atoms with Gasteiger partial charge in [0.05, 0.1) is 92.5 Å². The summed E-state index contributed by atoms with van der Waals surface area (Å²) in [4.78, 5) is 318. The molecule has 4 aliphatic heterocycles. The van der Waals surface area contributed by atoms with E-state index in [9.17, 15) is 120 Å². The zero-order chi connectivity index (χ0) is 109. The third kappa shape index (κ3) is 52.9. The molecule has 20 amide bonds. The SMILES string of the molecule is CCC(=O)NCCCCC(NC(=O)CC)C(=O)NC(CCCCNC(=O)CCN1C(=O)CC(C)C1=O)C(N)=O.CCCN1C(=O)CC(SCC(NC(=O)C(CCCCCC(=O)CCOCCOCCCC(=O)C(CSC2CC(=O)N(CCC(=O)CC(CS)C(=O)NCCO)C2=O)NC(C)=O)NC(=O)CCOCCOCCCC(=O)C(CSC2CC(=O)N(CCC(=O)CC(CS)C(=O)NCCO)C2=O)NC(C)=O)C(N)=O)C1=O. The van der Waals surface area contributed by atoms with Crippen LogP contribution < -0.4 is 64.6 Å². The number of rotatable bonds is 82. The number of nitrogens with two attached hydrogens (primary N) is 2. The number of nitrogens with one attached hydrogen (secondary N) is 10. The standard InChI is InChI=1S/C69H108N10O24S5.C26H44N6O7/c1-4-20-77-60(90)35-56(67(77)97)108-42-53(63(70)93)76-66(96)50(75-59(89)17-28-103-32-30-101-26-9-13-55(88)52(74-44(3)83)41-107-58-37-62(92)79(69(58)99)22-15-49(86)34-46(39-105)65(95)72-19-24-81)11-7-5-6-10-47(84)16-27-102-31-29-100-25-8-12-54(87)51(73-43(2)82)40-106-57-36-61(91)78(68(57)98)21-14-48(85)33-45(38-104)64(94)71-18-23-80;1-4-20(33)28-13-9-7-11-19(30-21(34)5-2)25(38)31-18(24(27)37)10-6-8-14-29-22(35)12-15-32-23(36)16-17(3)26(32)39/h45-46,50-53,56-58,80-81,104-105H,4-42H2,1-3H3,(H2,70,93)(H,71,94)(H,72,95)(H,73,82)(H,74,83)(H,75,89)(H,76,96);17-19H,4-16H2,1-3H3,(H2,27,37)(H,28,33)(H,29,35)(H,30,34)(H,31,38). The van der Waals surface area contributed by atoms with Gasteiger partial charge in [0.1, 0.15) is 41.5 Å². The first-order valence-corrected chi connectivity index (χ1v) is 54.5. The van der Waals surface area contributed by atoms with Crippen LogP contribution in [0, 0.1) is 17.8 Å². The van der Waals surface area contributed by atoms with Crippen LogP contribution in [0.4, 0.5) is 0 Å². The number of imide groups is 4. The van der Waals surface area contributed by atoms with Gasteiger partial charge in [0.2, 0.25) is 118 Å². The lowest BCUT2D eigenvalue weighted by molar-refractivity contribution is -0.141. The highest BCUT2D eigenvalue weighted by atomic mass is 32.2. The van der Waals surface area contributed by atoms with Crippen LogP contribution in [0.25, 0.3) is 0 Å². The third-order valence-corrected chi connectivity index (χ3v) is 28.3. The zero-order valence-electron chi connectivity index (χ0n) is 85.0. The molecule has 4 heterocycles. The molecule has 4 saturated heterocycles. The van der Waals surface area contributed by atoms with Gasteiger partial charge in [0.25, 0.3) is 0 Å². The second-order valence-corrected chi connectivity index (χ2v) is 40.0. The fourth-order valence-electron chi connectivity index (χ4n) is 15.2. The summed E-state index contributed by atoms with van der Waals surface area (Å²) in [7, 11) is 0. The van der Waals surface area contributed by atoms with E-state index in [1.54, 1.807) is 20.8 Å². The summed E-state index contributed by atoms with van der Waals surface area (Å²) in [5.41, 5.74) is 11.2. The molecule has 4 fully saturated rings. The summed E-state index contributed by atoms with van der Waals surface area (Å²) >= 11 is 11.4.